The van der Waals surface area contributed by atoms with Crippen LogP contribution in [0, 0.1) is 0 Å². The van der Waals surface area contributed by atoms with Crippen LogP contribution < -0.4 is 9.67 Å². The first-order valence-electron chi connectivity index (χ1n) is 5.93. The molecule has 0 bridgehead atoms. The Bertz CT molecular complexity index is 806. The van der Waals surface area contributed by atoms with Gasteiger partial charge in [0.15, 0.2) is 0 Å². The molecule has 21 heavy (non-hydrogen) atoms. The largest absolute Gasteiger partial charge is 0.268 e. The number of amides is 2. The van der Waals surface area contributed by atoms with Gasteiger partial charge in [0.1, 0.15) is 0 Å². The number of carbonyl (C=O) groups excluding carboxylic acids is 2. The lowest BCUT2D eigenvalue weighted by atomic mass is 10.1. The van der Waals surface area contributed by atoms with Crippen molar-refractivity contribution in [1.82, 2.24) is 9.67 Å². The van der Waals surface area contributed by atoms with E-state index in [0.29, 0.717) is 11.1 Å². The number of carbonyl (C=O) groups is 2. The fraction of sp³-hybridized carbons (Fsp3) is 0. The molecule has 0 atom stereocenters. The Kier molecular flexibility index (Phi) is 3.71. The first kappa shape index (κ1) is 14.1. The molecule has 3 aromatic rings. The highest BCUT2D eigenvalue weighted by Crippen LogP contribution is 2.37. The lowest BCUT2D eigenvalue weighted by Crippen LogP contribution is -2.12. The highest BCUT2D eigenvalue weighted by Gasteiger charge is 2.17. The first-order chi connectivity index (χ1) is 10.2. The summed E-state index contributed by atoms with van der Waals surface area (Å²) in [6, 6.07) is 10.8. The molecule has 2 N–H and O–H groups in total. The number of benzene rings is 2. The topological polar surface area (TPSA) is 58.2 Å². The van der Waals surface area contributed by atoms with E-state index in [0.717, 1.165) is 20.2 Å². The van der Waals surface area contributed by atoms with Crippen LogP contribution in [0.25, 0.3) is 20.2 Å². The van der Waals surface area contributed by atoms with E-state index in [1.807, 2.05) is 12.1 Å². The van der Waals surface area contributed by atoms with Crippen LogP contribution in [0.5, 0.6) is 0 Å². The number of hydrogen-bond acceptors (Lipinski definition) is 3. The monoisotopic (exact) mass is 338 g/mol. The Labute approximate surface area is 133 Å². The van der Waals surface area contributed by atoms with Crippen LogP contribution in [0.15, 0.2) is 36.4 Å². The molecular weight excluding hydrogens is 331 g/mol. The highest BCUT2D eigenvalue weighted by atomic mass is 35.5. The number of hydrogen-bond donors (Lipinski definition) is 2. The van der Waals surface area contributed by atoms with Crippen molar-refractivity contribution in [2.75, 3.05) is 0 Å². The highest BCUT2D eigenvalue weighted by molar-refractivity contribution is 7.26. The summed E-state index contributed by atoms with van der Waals surface area (Å²) in [5.74, 6) is -0.755. The second-order valence-electron chi connectivity index (χ2n) is 4.31. The van der Waals surface area contributed by atoms with E-state index >= 15 is 0 Å². The van der Waals surface area contributed by atoms with E-state index in [1.54, 1.807) is 24.3 Å². The van der Waals surface area contributed by atoms with E-state index in [1.165, 1.54) is 11.3 Å². The van der Waals surface area contributed by atoms with Crippen molar-refractivity contribution < 1.29 is 9.59 Å². The zero-order valence-electron chi connectivity index (χ0n) is 10.4. The molecule has 0 spiro atoms. The Morgan fingerprint density at radius 1 is 0.810 bits per heavy atom. The second kappa shape index (κ2) is 5.52. The van der Waals surface area contributed by atoms with Gasteiger partial charge in [-0.25, -0.2) is 0 Å². The summed E-state index contributed by atoms with van der Waals surface area (Å²) in [4.78, 5) is 27.9. The Morgan fingerprint density at radius 3 is 1.62 bits per heavy atom. The standard InChI is InChI=1S/C14H8Cl2N2O2S/c15-17-13(19)9-5-1-3-7-8-4-2-6-10(14(20)18-16)12(8)21-11(7)9/h1-6H,(H,17,19)(H,18,20). The summed E-state index contributed by atoms with van der Waals surface area (Å²) in [5, 5.41) is 1.80. The van der Waals surface area contributed by atoms with Crippen molar-refractivity contribution in [2.45, 2.75) is 0 Å². The molecule has 0 saturated carbocycles. The van der Waals surface area contributed by atoms with Crippen LogP contribution in [0.2, 0.25) is 0 Å². The second-order valence-corrected chi connectivity index (χ2v) is 5.71. The van der Waals surface area contributed by atoms with Crippen LogP contribution in [0.4, 0.5) is 0 Å². The Hall–Kier alpha value is -1.82. The van der Waals surface area contributed by atoms with Crippen molar-refractivity contribution >= 4 is 66.9 Å². The van der Waals surface area contributed by atoms with Gasteiger partial charge >= 0.3 is 0 Å². The van der Waals surface area contributed by atoms with Crippen LogP contribution in [0.3, 0.4) is 0 Å². The predicted octanol–water partition coefficient (Wildman–Crippen LogP) is 3.82. The van der Waals surface area contributed by atoms with Gasteiger partial charge in [0, 0.05) is 43.7 Å². The average Bonchev–Trinajstić information content (AvgIpc) is 2.91. The minimum absolute atomic E-state index is 0.378. The molecule has 7 heteroatoms. The predicted molar refractivity (Wildman–Crippen MR) is 86.0 cm³/mol. The average molecular weight is 339 g/mol. The molecule has 4 nitrogen and oxygen atoms in total. The fourth-order valence-corrected chi connectivity index (χ4v) is 3.80. The minimum atomic E-state index is -0.378. The third-order valence-electron chi connectivity index (χ3n) is 3.19. The lowest BCUT2D eigenvalue weighted by Gasteiger charge is -1.99. The molecule has 2 amide bonds. The van der Waals surface area contributed by atoms with Gasteiger partial charge in [-0.2, -0.15) is 0 Å². The molecular formula is C14H8Cl2N2O2S. The third-order valence-corrected chi connectivity index (χ3v) is 4.82. The van der Waals surface area contributed by atoms with E-state index in [9.17, 15) is 9.59 Å². The normalized spacial score (nSPS) is 10.8. The molecule has 0 aliphatic rings. The molecule has 2 aromatic carbocycles. The zero-order valence-corrected chi connectivity index (χ0v) is 12.8. The summed E-state index contributed by atoms with van der Waals surface area (Å²) in [6.07, 6.45) is 0. The maximum atomic E-state index is 11.8. The summed E-state index contributed by atoms with van der Waals surface area (Å²) < 4.78 is 1.56. The van der Waals surface area contributed by atoms with Crippen LogP contribution in [-0.2, 0) is 0 Å². The molecule has 106 valence electrons. The maximum absolute atomic E-state index is 11.8. The van der Waals surface area contributed by atoms with Gasteiger partial charge in [-0.15, -0.1) is 11.3 Å². The van der Waals surface area contributed by atoms with Gasteiger partial charge in [0.25, 0.3) is 11.8 Å². The first-order valence-corrected chi connectivity index (χ1v) is 7.50. The number of halogens is 2. The maximum Gasteiger partial charge on any atom is 0.267 e. The van der Waals surface area contributed by atoms with Gasteiger partial charge in [0.05, 0.1) is 11.1 Å². The van der Waals surface area contributed by atoms with E-state index < -0.39 is 0 Å². The van der Waals surface area contributed by atoms with E-state index in [4.69, 9.17) is 23.6 Å². The quantitative estimate of drug-likeness (QED) is 0.698. The molecule has 0 fully saturated rings. The van der Waals surface area contributed by atoms with Crippen molar-refractivity contribution in [3.8, 4) is 0 Å². The van der Waals surface area contributed by atoms with Gasteiger partial charge in [-0.1, -0.05) is 24.3 Å². The molecule has 0 saturated heterocycles. The molecule has 0 radical (unpaired) electrons. The summed E-state index contributed by atoms with van der Waals surface area (Å²) in [5.41, 5.74) is 0.946. The van der Waals surface area contributed by atoms with E-state index in [-0.39, 0.29) is 11.8 Å². The van der Waals surface area contributed by atoms with Crippen molar-refractivity contribution in [2.24, 2.45) is 0 Å². The zero-order chi connectivity index (χ0) is 15.0. The van der Waals surface area contributed by atoms with Gasteiger partial charge in [-0.05, 0) is 12.1 Å². The Balaban J connectivity index is 2.39. The minimum Gasteiger partial charge on any atom is -0.268 e. The molecule has 1 heterocycles. The lowest BCUT2D eigenvalue weighted by molar-refractivity contribution is 0.0975. The number of rotatable bonds is 2. The number of fused-ring (bicyclic) bond motifs is 3. The number of thiophene rings is 1. The molecule has 3 rings (SSSR count). The third kappa shape index (κ3) is 2.23. The van der Waals surface area contributed by atoms with Crippen molar-refractivity contribution in [1.29, 1.82) is 0 Å². The van der Waals surface area contributed by atoms with Crippen LogP contribution >= 0.6 is 34.9 Å². The van der Waals surface area contributed by atoms with Crippen molar-refractivity contribution in [3.63, 3.8) is 0 Å². The van der Waals surface area contributed by atoms with Gasteiger partial charge in [0.2, 0.25) is 0 Å². The molecule has 1 aromatic heterocycles. The van der Waals surface area contributed by atoms with Crippen LogP contribution in [0.1, 0.15) is 20.7 Å². The van der Waals surface area contributed by atoms with E-state index in [2.05, 4.69) is 9.67 Å². The smallest absolute Gasteiger partial charge is 0.267 e. The summed E-state index contributed by atoms with van der Waals surface area (Å²) in [7, 11) is 0. The summed E-state index contributed by atoms with van der Waals surface area (Å²) in [6.45, 7) is 0. The van der Waals surface area contributed by atoms with Gasteiger partial charge < -0.3 is 0 Å². The summed E-state index contributed by atoms with van der Waals surface area (Å²) >= 11 is 12.2. The Morgan fingerprint density at radius 2 is 1.24 bits per heavy atom. The molecule has 0 unspecified atom stereocenters. The molecule has 0 aliphatic carbocycles. The van der Waals surface area contributed by atoms with Crippen LogP contribution in [-0.4, -0.2) is 11.8 Å². The molecule has 0 aliphatic heterocycles. The van der Waals surface area contributed by atoms with Gasteiger partial charge in [-0.3, -0.25) is 19.3 Å². The van der Waals surface area contributed by atoms with Crippen molar-refractivity contribution in [3.05, 3.63) is 47.5 Å². The number of nitrogens with one attached hydrogen (secondary N) is 2. The SMILES string of the molecule is O=C(NCl)c1cccc2c1sc1c(C(=O)NCl)cccc12. The fourth-order valence-electron chi connectivity index (χ4n) is 2.28.